The van der Waals surface area contributed by atoms with Crippen LogP contribution in [0.4, 0.5) is 5.82 Å². The minimum absolute atomic E-state index is 0.341. The van der Waals surface area contributed by atoms with E-state index in [1.54, 1.807) is 0 Å². The summed E-state index contributed by atoms with van der Waals surface area (Å²) in [5.41, 5.74) is 3.05. The van der Waals surface area contributed by atoms with E-state index < -0.39 is 0 Å². The average molecular weight is 385 g/mol. The lowest BCUT2D eigenvalue weighted by Crippen LogP contribution is -2.46. The van der Waals surface area contributed by atoms with Gasteiger partial charge in [0, 0.05) is 62.8 Å². The van der Waals surface area contributed by atoms with Gasteiger partial charge in [-0.1, -0.05) is 25.4 Å². The van der Waals surface area contributed by atoms with Gasteiger partial charge in [-0.2, -0.15) is 0 Å². The highest BCUT2D eigenvalue weighted by Crippen LogP contribution is 2.19. The topological polar surface area (TPSA) is 49.6 Å². The van der Waals surface area contributed by atoms with Crippen LogP contribution < -0.4 is 4.90 Å². The molecule has 6 nitrogen and oxygen atoms in total. The highest BCUT2D eigenvalue weighted by molar-refractivity contribution is 6.30. The third-order valence-electron chi connectivity index (χ3n) is 4.92. The van der Waals surface area contributed by atoms with Gasteiger partial charge < -0.3 is 9.30 Å². The normalized spacial score (nSPS) is 15.8. The fourth-order valence-corrected chi connectivity index (χ4v) is 3.62. The molecule has 0 N–H and O–H groups in total. The van der Waals surface area contributed by atoms with E-state index >= 15 is 0 Å². The molecule has 0 atom stereocenters. The number of aromatic nitrogens is 4. The van der Waals surface area contributed by atoms with Crippen molar-refractivity contribution in [2.24, 2.45) is 0 Å². The molecule has 3 aromatic rings. The van der Waals surface area contributed by atoms with Crippen molar-refractivity contribution in [2.75, 3.05) is 31.1 Å². The molecule has 142 valence electrons. The second-order valence-corrected chi connectivity index (χ2v) is 7.93. The molecule has 0 amide bonds. The summed E-state index contributed by atoms with van der Waals surface area (Å²) in [5, 5.41) is 0.723. The van der Waals surface area contributed by atoms with Crippen LogP contribution in [0, 0.1) is 6.92 Å². The number of halogens is 1. The molecule has 0 aromatic carbocycles. The molecule has 4 heterocycles. The van der Waals surface area contributed by atoms with Crippen molar-refractivity contribution in [3.63, 3.8) is 0 Å². The van der Waals surface area contributed by atoms with Crippen LogP contribution in [0.2, 0.25) is 5.02 Å². The number of piperazine rings is 1. The maximum Gasteiger partial charge on any atom is 0.137 e. The van der Waals surface area contributed by atoms with Gasteiger partial charge in [0.15, 0.2) is 0 Å². The van der Waals surface area contributed by atoms with E-state index in [9.17, 15) is 0 Å². The number of rotatable bonds is 4. The molecule has 0 unspecified atom stereocenters. The molecule has 1 aliphatic heterocycles. The predicted molar refractivity (Wildman–Crippen MR) is 109 cm³/mol. The zero-order chi connectivity index (χ0) is 19.0. The Hall–Kier alpha value is -2.18. The van der Waals surface area contributed by atoms with Gasteiger partial charge in [0.25, 0.3) is 0 Å². The van der Waals surface area contributed by atoms with Gasteiger partial charge in [0.2, 0.25) is 0 Å². The van der Waals surface area contributed by atoms with Crippen LogP contribution in [0.5, 0.6) is 0 Å². The summed E-state index contributed by atoms with van der Waals surface area (Å²) in [5.74, 6) is 2.32. The number of hydrogen-bond acceptors (Lipinski definition) is 5. The van der Waals surface area contributed by atoms with E-state index in [1.165, 1.54) is 0 Å². The van der Waals surface area contributed by atoms with Crippen molar-refractivity contribution < 1.29 is 0 Å². The molecule has 1 saturated heterocycles. The summed E-state index contributed by atoms with van der Waals surface area (Å²) in [7, 11) is 0. The van der Waals surface area contributed by atoms with E-state index in [-0.39, 0.29) is 0 Å². The Morgan fingerprint density at radius 3 is 2.56 bits per heavy atom. The second kappa shape index (κ2) is 7.44. The zero-order valence-electron chi connectivity index (χ0n) is 16.1. The van der Waals surface area contributed by atoms with Crippen LogP contribution in [0.3, 0.4) is 0 Å². The van der Waals surface area contributed by atoms with E-state index in [0.717, 1.165) is 66.4 Å². The SMILES string of the molecule is Cc1cc(N2CCN(Cc3cn4cc(Cl)ccc4n3)CC2)nc(C(C)C)n1. The summed E-state index contributed by atoms with van der Waals surface area (Å²) >= 11 is 6.06. The Kier molecular flexibility index (Phi) is 5.02. The summed E-state index contributed by atoms with van der Waals surface area (Å²) in [4.78, 5) is 18.8. The van der Waals surface area contributed by atoms with Crippen LogP contribution >= 0.6 is 11.6 Å². The molecule has 1 aliphatic rings. The van der Waals surface area contributed by atoms with Gasteiger partial charge in [-0.3, -0.25) is 4.90 Å². The number of hydrogen-bond donors (Lipinski definition) is 0. The first-order valence-electron chi connectivity index (χ1n) is 9.44. The van der Waals surface area contributed by atoms with E-state index in [4.69, 9.17) is 21.6 Å². The number of imidazole rings is 1. The minimum atomic E-state index is 0.341. The van der Waals surface area contributed by atoms with Crippen molar-refractivity contribution >= 4 is 23.1 Å². The van der Waals surface area contributed by atoms with Crippen LogP contribution in [0.25, 0.3) is 5.65 Å². The first-order chi connectivity index (χ1) is 13.0. The Balaban J connectivity index is 1.41. The predicted octanol–water partition coefficient (Wildman–Crippen LogP) is 3.53. The monoisotopic (exact) mass is 384 g/mol. The van der Waals surface area contributed by atoms with Crippen molar-refractivity contribution in [3.05, 3.63) is 52.8 Å². The number of pyridine rings is 1. The van der Waals surface area contributed by atoms with Crippen molar-refractivity contribution in [1.29, 1.82) is 0 Å². The number of fused-ring (bicyclic) bond motifs is 1. The van der Waals surface area contributed by atoms with E-state index in [2.05, 4.69) is 40.9 Å². The summed E-state index contributed by atoms with van der Waals surface area (Å²) in [6, 6.07) is 5.92. The first-order valence-corrected chi connectivity index (χ1v) is 9.82. The Morgan fingerprint density at radius 1 is 1.04 bits per heavy atom. The Bertz CT molecular complexity index is 943. The van der Waals surface area contributed by atoms with E-state index in [1.807, 2.05) is 29.7 Å². The Morgan fingerprint density at radius 2 is 1.81 bits per heavy atom. The lowest BCUT2D eigenvalue weighted by Gasteiger charge is -2.35. The standard InChI is InChI=1S/C20H25ClN6/c1-14(2)20-22-15(3)10-19(24-20)26-8-6-25(7-9-26)12-17-13-27-11-16(21)4-5-18(27)23-17/h4-5,10-11,13-14H,6-9,12H2,1-3H3. The van der Waals surface area contributed by atoms with Gasteiger partial charge >= 0.3 is 0 Å². The van der Waals surface area contributed by atoms with Crippen LogP contribution in [-0.2, 0) is 6.54 Å². The maximum absolute atomic E-state index is 6.06. The second-order valence-electron chi connectivity index (χ2n) is 7.49. The van der Waals surface area contributed by atoms with Gasteiger partial charge in [0.1, 0.15) is 17.3 Å². The summed E-state index contributed by atoms with van der Waals surface area (Å²) in [6.07, 6.45) is 3.96. The molecular formula is C20H25ClN6. The van der Waals surface area contributed by atoms with Gasteiger partial charge in [0.05, 0.1) is 10.7 Å². The maximum atomic E-state index is 6.06. The molecule has 0 bridgehead atoms. The lowest BCUT2D eigenvalue weighted by molar-refractivity contribution is 0.247. The fourth-order valence-electron chi connectivity index (χ4n) is 3.45. The quantitative estimate of drug-likeness (QED) is 0.688. The zero-order valence-corrected chi connectivity index (χ0v) is 16.8. The molecule has 0 spiro atoms. The van der Waals surface area contributed by atoms with Gasteiger partial charge in [-0.15, -0.1) is 0 Å². The molecule has 7 heteroatoms. The van der Waals surface area contributed by atoms with Crippen molar-refractivity contribution in [1.82, 2.24) is 24.3 Å². The molecule has 4 rings (SSSR count). The third-order valence-corrected chi connectivity index (χ3v) is 5.14. The van der Waals surface area contributed by atoms with Crippen LogP contribution in [0.1, 0.15) is 37.0 Å². The number of aryl methyl sites for hydroxylation is 1. The molecular weight excluding hydrogens is 360 g/mol. The largest absolute Gasteiger partial charge is 0.354 e. The molecule has 0 radical (unpaired) electrons. The number of anilines is 1. The summed E-state index contributed by atoms with van der Waals surface area (Å²) < 4.78 is 1.99. The molecule has 3 aromatic heterocycles. The van der Waals surface area contributed by atoms with Crippen LogP contribution in [-0.4, -0.2) is 50.4 Å². The highest BCUT2D eigenvalue weighted by Gasteiger charge is 2.20. The van der Waals surface area contributed by atoms with Gasteiger partial charge in [-0.25, -0.2) is 15.0 Å². The third kappa shape index (κ3) is 4.06. The lowest BCUT2D eigenvalue weighted by atomic mass is 10.2. The first kappa shape index (κ1) is 18.2. The van der Waals surface area contributed by atoms with E-state index in [0.29, 0.717) is 5.92 Å². The summed E-state index contributed by atoms with van der Waals surface area (Å²) in [6.45, 7) is 11.1. The fraction of sp³-hybridized carbons (Fsp3) is 0.450. The molecule has 1 fully saturated rings. The Labute approximate surface area is 164 Å². The smallest absolute Gasteiger partial charge is 0.137 e. The number of nitrogens with zero attached hydrogens (tertiary/aromatic N) is 6. The van der Waals surface area contributed by atoms with Crippen molar-refractivity contribution in [2.45, 2.75) is 33.2 Å². The van der Waals surface area contributed by atoms with Crippen molar-refractivity contribution in [3.8, 4) is 0 Å². The minimum Gasteiger partial charge on any atom is -0.354 e. The highest BCUT2D eigenvalue weighted by atomic mass is 35.5. The van der Waals surface area contributed by atoms with Gasteiger partial charge in [-0.05, 0) is 19.1 Å². The molecule has 0 aliphatic carbocycles. The average Bonchev–Trinajstić information content (AvgIpc) is 3.03. The molecule has 27 heavy (non-hydrogen) atoms. The molecule has 0 saturated carbocycles. The van der Waals surface area contributed by atoms with Crippen LogP contribution in [0.15, 0.2) is 30.6 Å².